The Labute approximate surface area is 288 Å². The Morgan fingerprint density at radius 3 is 1.86 bits per heavy atom. The monoisotopic (exact) mass is 639 g/mol. The third-order valence-corrected chi connectivity index (χ3v) is 9.63. The molecule has 50 heavy (non-hydrogen) atoms. The van der Waals surface area contributed by atoms with Gasteiger partial charge in [-0.15, -0.1) is 0 Å². The molecule has 0 unspecified atom stereocenters. The normalized spacial score (nSPS) is 11.6. The molecule has 0 bridgehead atoms. The molecule has 10 rings (SSSR count). The van der Waals surface area contributed by atoms with Gasteiger partial charge in [-0.3, -0.25) is 0 Å². The van der Waals surface area contributed by atoms with Crippen molar-refractivity contribution in [2.75, 3.05) is 0 Å². The first kappa shape index (κ1) is 28.3. The molecule has 0 spiro atoms. The maximum Gasteiger partial charge on any atom is 0.160 e. The minimum atomic E-state index is 0.687. The van der Waals surface area contributed by atoms with Crippen molar-refractivity contribution in [3.8, 4) is 50.7 Å². The molecule has 4 heteroatoms. The number of aromatic nitrogens is 3. The van der Waals surface area contributed by atoms with E-state index in [1.54, 1.807) is 0 Å². The van der Waals surface area contributed by atoms with Crippen LogP contribution in [-0.4, -0.2) is 14.5 Å². The van der Waals surface area contributed by atoms with Crippen LogP contribution in [0.3, 0.4) is 0 Å². The Balaban J connectivity index is 1.23. The fourth-order valence-corrected chi connectivity index (χ4v) is 7.32. The topological polar surface area (TPSA) is 43.9 Å². The maximum atomic E-state index is 6.85. The van der Waals surface area contributed by atoms with Gasteiger partial charge in [0, 0.05) is 38.2 Å². The SMILES string of the molecule is c1ccc(-c2ccc3c4ccccc4n(-c4cccc5c4oc4cccc(-c6cc(-c7ccccc7)nc(-c7ccccc7)n6)c45)c3c2)cc1. The van der Waals surface area contributed by atoms with Gasteiger partial charge in [-0.05, 0) is 41.5 Å². The van der Waals surface area contributed by atoms with E-state index < -0.39 is 0 Å². The largest absolute Gasteiger partial charge is 0.454 e. The van der Waals surface area contributed by atoms with Gasteiger partial charge in [0.05, 0.1) is 28.1 Å². The van der Waals surface area contributed by atoms with Gasteiger partial charge in [0.2, 0.25) is 0 Å². The summed E-state index contributed by atoms with van der Waals surface area (Å²) in [6, 6.07) is 61.2. The molecule has 10 aromatic rings. The average molecular weight is 640 g/mol. The second kappa shape index (κ2) is 11.4. The van der Waals surface area contributed by atoms with Crippen molar-refractivity contribution in [3.63, 3.8) is 0 Å². The first-order valence-corrected chi connectivity index (χ1v) is 16.8. The van der Waals surface area contributed by atoms with Crippen LogP contribution in [0.15, 0.2) is 180 Å². The lowest BCUT2D eigenvalue weighted by atomic mass is 10.0. The van der Waals surface area contributed by atoms with Crippen molar-refractivity contribution in [1.82, 2.24) is 14.5 Å². The van der Waals surface area contributed by atoms with E-state index in [4.69, 9.17) is 14.4 Å². The maximum absolute atomic E-state index is 6.85. The Hall–Kier alpha value is -6.78. The summed E-state index contributed by atoms with van der Waals surface area (Å²) in [7, 11) is 0. The Morgan fingerprint density at radius 1 is 0.420 bits per heavy atom. The van der Waals surface area contributed by atoms with Crippen LogP contribution in [-0.2, 0) is 0 Å². The zero-order valence-corrected chi connectivity index (χ0v) is 27.0. The van der Waals surface area contributed by atoms with Gasteiger partial charge in [0.15, 0.2) is 11.4 Å². The van der Waals surface area contributed by atoms with E-state index in [0.717, 1.165) is 66.7 Å². The predicted molar refractivity (Wildman–Crippen MR) is 205 cm³/mol. The van der Waals surface area contributed by atoms with Crippen LogP contribution in [0.5, 0.6) is 0 Å². The highest BCUT2D eigenvalue weighted by Gasteiger charge is 2.21. The summed E-state index contributed by atoms with van der Waals surface area (Å²) in [6.45, 7) is 0. The molecule has 0 aliphatic heterocycles. The van der Waals surface area contributed by atoms with Crippen LogP contribution in [0.2, 0.25) is 0 Å². The molecule has 0 atom stereocenters. The van der Waals surface area contributed by atoms with Crippen molar-refractivity contribution in [3.05, 3.63) is 176 Å². The predicted octanol–water partition coefficient (Wildman–Crippen LogP) is 12.1. The average Bonchev–Trinajstić information content (AvgIpc) is 3.74. The lowest BCUT2D eigenvalue weighted by Crippen LogP contribution is -1.96. The summed E-state index contributed by atoms with van der Waals surface area (Å²) in [5.74, 6) is 0.687. The molecule has 0 aliphatic carbocycles. The van der Waals surface area contributed by atoms with Gasteiger partial charge >= 0.3 is 0 Å². The Morgan fingerprint density at radius 2 is 1.06 bits per heavy atom. The number of nitrogens with zero attached hydrogens (tertiary/aromatic N) is 3. The Kier molecular flexibility index (Phi) is 6.46. The number of rotatable bonds is 5. The van der Waals surface area contributed by atoms with Gasteiger partial charge in [0.1, 0.15) is 5.58 Å². The van der Waals surface area contributed by atoms with Crippen LogP contribution < -0.4 is 0 Å². The lowest BCUT2D eigenvalue weighted by molar-refractivity contribution is 0.666. The molecule has 0 aliphatic rings. The molecule has 0 saturated heterocycles. The summed E-state index contributed by atoms with van der Waals surface area (Å²) in [5, 5.41) is 4.49. The molecular weight excluding hydrogens is 611 g/mol. The van der Waals surface area contributed by atoms with Gasteiger partial charge in [-0.2, -0.15) is 0 Å². The van der Waals surface area contributed by atoms with Gasteiger partial charge < -0.3 is 8.98 Å². The fraction of sp³-hybridized carbons (Fsp3) is 0. The fourth-order valence-electron chi connectivity index (χ4n) is 7.32. The van der Waals surface area contributed by atoms with E-state index >= 15 is 0 Å². The summed E-state index contributed by atoms with van der Waals surface area (Å²) in [5.41, 5.74) is 12.0. The number of fused-ring (bicyclic) bond motifs is 6. The molecule has 3 aromatic heterocycles. The molecule has 0 fully saturated rings. The van der Waals surface area contributed by atoms with E-state index in [1.807, 2.05) is 36.4 Å². The van der Waals surface area contributed by atoms with Crippen LogP contribution >= 0.6 is 0 Å². The van der Waals surface area contributed by atoms with E-state index in [1.165, 1.54) is 21.9 Å². The zero-order chi connectivity index (χ0) is 33.0. The number of benzene rings is 7. The van der Waals surface area contributed by atoms with Gasteiger partial charge in [-0.25, -0.2) is 9.97 Å². The van der Waals surface area contributed by atoms with E-state index in [0.29, 0.717) is 5.82 Å². The van der Waals surface area contributed by atoms with Crippen molar-refractivity contribution in [2.45, 2.75) is 0 Å². The molecule has 0 radical (unpaired) electrons. The number of hydrogen-bond acceptors (Lipinski definition) is 3. The van der Waals surface area contributed by atoms with Crippen LogP contribution in [0, 0.1) is 0 Å². The first-order chi connectivity index (χ1) is 24.8. The molecule has 0 amide bonds. The van der Waals surface area contributed by atoms with Crippen molar-refractivity contribution >= 4 is 43.7 Å². The molecule has 234 valence electrons. The molecule has 7 aromatic carbocycles. The summed E-state index contributed by atoms with van der Waals surface area (Å²) in [6.07, 6.45) is 0. The van der Waals surface area contributed by atoms with Crippen LogP contribution in [0.4, 0.5) is 0 Å². The van der Waals surface area contributed by atoms with Crippen LogP contribution in [0.25, 0.3) is 94.5 Å². The summed E-state index contributed by atoms with van der Waals surface area (Å²) in [4.78, 5) is 10.2. The number of furan rings is 1. The van der Waals surface area contributed by atoms with E-state index in [-0.39, 0.29) is 0 Å². The van der Waals surface area contributed by atoms with Gasteiger partial charge in [-0.1, -0.05) is 146 Å². The first-order valence-electron chi connectivity index (χ1n) is 16.8. The quantitative estimate of drug-likeness (QED) is 0.188. The van der Waals surface area contributed by atoms with E-state index in [2.05, 4.69) is 144 Å². The lowest BCUT2D eigenvalue weighted by Gasteiger charge is -2.11. The molecular formula is C46H29N3O. The second-order valence-corrected chi connectivity index (χ2v) is 12.6. The third kappa shape index (κ3) is 4.54. The number of para-hydroxylation sites is 2. The van der Waals surface area contributed by atoms with E-state index in [9.17, 15) is 0 Å². The second-order valence-electron chi connectivity index (χ2n) is 12.6. The van der Waals surface area contributed by atoms with Crippen molar-refractivity contribution < 1.29 is 4.42 Å². The van der Waals surface area contributed by atoms with Crippen LogP contribution in [0.1, 0.15) is 0 Å². The highest BCUT2D eigenvalue weighted by atomic mass is 16.3. The highest BCUT2D eigenvalue weighted by Crippen LogP contribution is 2.42. The smallest absolute Gasteiger partial charge is 0.160 e. The minimum absolute atomic E-state index is 0.687. The summed E-state index contributed by atoms with van der Waals surface area (Å²) < 4.78 is 9.20. The van der Waals surface area contributed by atoms with Gasteiger partial charge in [0.25, 0.3) is 0 Å². The molecule has 4 nitrogen and oxygen atoms in total. The van der Waals surface area contributed by atoms with Crippen molar-refractivity contribution in [1.29, 1.82) is 0 Å². The summed E-state index contributed by atoms with van der Waals surface area (Å²) >= 11 is 0. The molecule has 0 saturated carbocycles. The highest BCUT2D eigenvalue weighted by molar-refractivity contribution is 6.16. The number of hydrogen-bond donors (Lipinski definition) is 0. The minimum Gasteiger partial charge on any atom is -0.454 e. The molecule has 0 N–H and O–H groups in total. The zero-order valence-electron chi connectivity index (χ0n) is 27.0. The molecule has 3 heterocycles. The third-order valence-electron chi connectivity index (χ3n) is 9.63. The Bertz CT molecular complexity index is 2800. The standard InChI is InChI=1S/C46H29N3O/c1-4-14-30(15-5-1)33-26-27-35-34-20-10-11-23-40(34)49(42(35)28-33)41-24-12-22-37-44-36(21-13-25-43(44)50-45(37)41)39-29-38(31-16-6-2-7-17-31)47-46(48-39)32-18-8-3-9-19-32/h1-29H. The van der Waals surface area contributed by atoms with Crippen molar-refractivity contribution in [2.24, 2.45) is 0 Å².